The van der Waals surface area contributed by atoms with Gasteiger partial charge in [0.2, 0.25) is 11.9 Å². The smallest absolute Gasteiger partial charge is 0.433 e. The minimum atomic E-state index is -4.54. The molecule has 10 heteroatoms. The Morgan fingerprint density at radius 1 is 1.17 bits per heavy atom. The van der Waals surface area contributed by atoms with E-state index in [1.165, 1.54) is 4.90 Å². The van der Waals surface area contributed by atoms with Crippen LogP contribution in [0.3, 0.4) is 0 Å². The molecule has 7 nitrogen and oxygen atoms in total. The quantitative estimate of drug-likeness (QED) is 0.825. The van der Waals surface area contributed by atoms with Crippen LogP contribution in [0.1, 0.15) is 5.69 Å². The zero-order chi connectivity index (χ0) is 17.0. The summed E-state index contributed by atoms with van der Waals surface area (Å²) < 4.78 is 37.9. The summed E-state index contributed by atoms with van der Waals surface area (Å²) in [4.78, 5) is 32.3. The van der Waals surface area contributed by atoms with Gasteiger partial charge in [-0.2, -0.15) is 13.2 Å². The Balaban J connectivity index is 1.99. The maximum Gasteiger partial charge on any atom is 0.433 e. The fourth-order valence-corrected chi connectivity index (χ4v) is 2.03. The normalized spacial score (nSPS) is 16.0. The predicted octanol–water partition coefficient (Wildman–Crippen LogP) is 0.785. The SMILES string of the molecule is O=C(O)C=CC(=O)N1CCN(c2nccc(C(F)(F)F)n2)CC1. The summed E-state index contributed by atoms with van der Waals surface area (Å²) >= 11 is 0. The van der Waals surface area contributed by atoms with Gasteiger partial charge < -0.3 is 14.9 Å². The lowest BCUT2D eigenvalue weighted by molar-refractivity contribution is -0.141. The third-order valence-electron chi connectivity index (χ3n) is 3.18. The van der Waals surface area contributed by atoms with Crippen LogP contribution >= 0.6 is 0 Å². The molecule has 0 aliphatic carbocycles. The maximum atomic E-state index is 12.6. The van der Waals surface area contributed by atoms with Crippen LogP contribution < -0.4 is 4.90 Å². The largest absolute Gasteiger partial charge is 0.478 e. The molecule has 1 N–H and O–H groups in total. The van der Waals surface area contributed by atoms with Crippen LogP contribution in [-0.2, 0) is 15.8 Å². The van der Waals surface area contributed by atoms with Crippen LogP contribution in [0.4, 0.5) is 19.1 Å². The van der Waals surface area contributed by atoms with E-state index >= 15 is 0 Å². The number of rotatable bonds is 3. The van der Waals surface area contributed by atoms with Gasteiger partial charge in [0.25, 0.3) is 0 Å². The summed E-state index contributed by atoms with van der Waals surface area (Å²) in [5, 5.41) is 8.47. The molecule has 0 bridgehead atoms. The Kier molecular flexibility index (Phi) is 4.82. The summed E-state index contributed by atoms with van der Waals surface area (Å²) in [5.74, 6) is -1.74. The van der Waals surface area contributed by atoms with Crippen molar-refractivity contribution >= 4 is 17.8 Å². The first-order valence-electron chi connectivity index (χ1n) is 6.62. The van der Waals surface area contributed by atoms with Crippen molar-refractivity contribution < 1.29 is 27.9 Å². The molecule has 0 unspecified atom stereocenters. The summed E-state index contributed by atoms with van der Waals surface area (Å²) in [6.45, 7) is 0.993. The third-order valence-corrected chi connectivity index (χ3v) is 3.18. The number of halogens is 3. The van der Waals surface area contributed by atoms with Gasteiger partial charge in [0.05, 0.1) is 0 Å². The molecule has 1 saturated heterocycles. The topological polar surface area (TPSA) is 86.6 Å². The standard InChI is InChI=1S/C13H13F3N4O3/c14-13(15,16)9-3-4-17-12(18-9)20-7-5-19(6-8-20)10(21)1-2-11(22)23/h1-4H,5-8H2,(H,22,23). The first-order valence-corrected chi connectivity index (χ1v) is 6.62. The lowest BCUT2D eigenvalue weighted by atomic mass is 10.3. The molecule has 0 radical (unpaired) electrons. The van der Waals surface area contributed by atoms with E-state index in [1.807, 2.05) is 0 Å². The van der Waals surface area contributed by atoms with Gasteiger partial charge in [0.15, 0.2) is 0 Å². The summed E-state index contributed by atoms with van der Waals surface area (Å²) in [5.41, 5.74) is -1.02. The van der Waals surface area contributed by atoms with Crippen LogP contribution in [0.25, 0.3) is 0 Å². The van der Waals surface area contributed by atoms with Gasteiger partial charge in [0.1, 0.15) is 5.69 Å². The number of hydrogen-bond donors (Lipinski definition) is 1. The first kappa shape index (κ1) is 16.7. The average Bonchev–Trinajstić information content (AvgIpc) is 2.52. The number of hydrogen-bond acceptors (Lipinski definition) is 5. The van der Waals surface area contributed by atoms with Gasteiger partial charge in [0, 0.05) is 44.5 Å². The Labute approximate surface area is 129 Å². The zero-order valence-electron chi connectivity index (χ0n) is 11.8. The molecule has 1 aliphatic heterocycles. The number of amides is 1. The van der Waals surface area contributed by atoms with Crippen molar-refractivity contribution in [3.63, 3.8) is 0 Å². The highest BCUT2D eigenvalue weighted by Gasteiger charge is 2.33. The van der Waals surface area contributed by atoms with E-state index in [-0.39, 0.29) is 32.1 Å². The second kappa shape index (κ2) is 6.63. The number of alkyl halides is 3. The van der Waals surface area contributed by atoms with E-state index in [1.54, 1.807) is 4.90 Å². The van der Waals surface area contributed by atoms with Gasteiger partial charge in [-0.15, -0.1) is 0 Å². The van der Waals surface area contributed by atoms with Gasteiger partial charge in [-0.1, -0.05) is 0 Å². The lowest BCUT2D eigenvalue weighted by Crippen LogP contribution is -2.49. The molecule has 1 aromatic heterocycles. The third kappa shape index (κ3) is 4.41. The van der Waals surface area contributed by atoms with E-state index in [2.05, 4.69) is 9.97 Å². The number of anilines is 1. The number of nitrogens with zero attached hydrogens (tertiary/aromatic N) is 4. The average molecular weight is 330 g/mol. The molecule has 0 spiro atoms. The van der Waals surface area contributed by atoms with Crippen LogP contribution in [0.15, 0.2) is 24.4 Å². The molecule has 2 rings (SSSR count). The molecule has 124 valence electrons. The Hall–Kier alpha value is -2.65. The molecule has 2 heterocycles. The number of carboxylic acid groups (broad SMARTS) is 1. The van der Waals surface area contributed by atoms with Crippen molar-refractivity contribution in [1.82, 2.24) is 14.9 Å². The number of carbonyl (C=O) groups excluding carboxylic acids is 1. The zero-order valence-corrected chi connectivity index (χ0v) is 11.8. The minimum Gasteiger partial charge on any atom is -0.478 e. The molecule has 0 atom stereocenters. The van der Waals surface area contributed by atoms with Crippen LogP contribution in [0.5, 0.6) is 0 Å². The van der Waals surface area contributed by atoms with Gasteiger partial charge in [-0.05, 0) is 6.07 Å². The lowest BCUT2D eigenvalue weighted by Gasteiger charge is -2.34. The molecule has 1 amide bonds. The molecule has 1 aromatic rings. The Bertz CT molecular complexity index is 625. The van der Waals surface area contributed by atoms with Gasteiger partial charge in [-0.3, -0.25) is 4.79 Å². The molecule has 0 aromatic carbocycles. The second-order valence-electron chi connectivity index (χ2n) is 4.72. The van der Waals surface area contributed by atoms with Gasteiger partial charge >= 0.3 is 12.1 Å². The fraction of sp³-hybridized carbons (Fsp3) is 0.385. The Morgan fingerprint density at radius 3 is 2.39 bits per heavy atom. The molecule has 23 heavy (non-hydrogen) atoms. The maximum absolute atomic E-state index is 12.6. The molecule has 1 fully saturated rings. The van der Waals surface area contributed by atoms with Crippen molar-refractivity contribution in [3.8, 4) is 0 Å². The van der Waals surface area contributed by atoms with E-state index in [4.69, 9.17) is 5.11 Å². The highest BCUT2D eigenvalue weighted by Crippen LogP contribution is 2.28. The van der Waals surface area contributed by atoms with Crippen molar-refractivity contribution in [1.29, 1.82) is 0 Å². The minimum absolute atomic E-state index is 0.0481. The highest BCUT2D eigenvalue weighted by molar-refractivity contribution is 5.94. The van der Waals surface area contributed by atoms with Crippen molar-refractivity contribution in [2.75, 3.05) is 31.1 Å². The second-order valence-corrected chi connectivity index (χ2v) is 4.72. The summed E-state index contributed by atoms with van der Waals surface area (Å²) in [7, 11) is 0. The number of piperazine rings is 1. The number of carbonyl (C=O) groups is 2. The predicted molar refractivity (Wildman–Crippen MR) is 72.6 cm³/mol. The van der Waals surface area contributed by atoms with E-state index in [9.17, 15) is 22.8 Å². The summed E-state index contributed by atoms with van der Waals surface area (Å²) in [6, 6.07) is 0.792. The number of carboxylic acids is 1. The Morgan fingerprint density at radius 2 is 1.83 bits per heavy atom. The fourth-order valence-electron chi connectivity index (χ4n) is 2.03. The van der Waals surface area contributed by atoms with E-state index < -0.39 is 23.7 Å². The number of aliphatic carboxylic acids is 1. The van der Waals surface area contributed by atoms with Crippen LogP contribution in [0.2, 0.25) is 0 Å². The van der Waals surface area contributed by atoms with Crippen LogP contribution in [0, 0.1) is 0 Å². The monoisotopic (exact) mass is 330 g/mol. The van der Waals surface area contributed by atoms with Gasteiger partial charge in [-0.25, -0.2) is 14.8 Å². The number of aromatic nitrogens is 2. The van der Waals surface area contributed by atoms with Crippen molar-refractivity contribution in [3.05, 3.63) is 30.1 Å². The van der Waals surface area contributed by atoms with Crippen molar-refractivity contribution in [2.45, 2.75) is 6.18 Å². The first-order chi connectivity index (χ1) is 10.8. The van der Waals surface area contributed by atoms with Crippen LogP contribution in [-0.4, -0.2) is 58.0 Å². The summed E-state index contributed by atoms with van der Waals surface area (Å²) in [6.07, 6.45) is -1.82. The van der Waals surface area contributed by atoms with Crippen molar-refractivity contribution in [2.24, 2.45) is 0 Å². The molecule has 1 aliphatic rings. The molecular weight excluding hydrogens is 317 g/mol. The molecular formula is C13H13F3N4O3. The molecule has 0 saturated carbocycles. The highest BCUT2D eigenvalue weighted by atomic mass is 19.4. The van der Waals surface area contributed by atoms with E-state index in [0.717, 1.165) is 24.4 Å². The van der Waals surface area contributed by atoms with E-state index in [0.29, 0.717) is 0 Å².